The number of carboxylic acid groups (broad SMARTS) is 1. The van der Waals surface area contributed by atoms with Gasteiger partial charge in [0.15, 0.2) is 0 Å². The van der Waals surface area contributed by atoms with Gasteiger partial charge in [-0.3, -0.25) is 0 Å². The predicted molar refractivity (Wildman–Crippen MR) is 90.7 cm³/mol. The molecule has 0 unspecified atom stereocenters. The second-order valence-electron chi connectivity index (χ2n) is 5.15. The molecular formula is C20H16O4. The third kappa shape index (κ3) is 3.93. The zero-order chi connectivity index (χ0) is 16.8. The Morgan fingerprint density at radius 2 is 1.54 bits per heavy atom. The van der Waals surface area contributed by atoms with Crippen LogP contribution in [0.15, 0.2) is 78.9 Å². The highest BCUT2D eigenvalue weighted by molar-refractivity contribution is 5.90. The van der Waals surface area contributed by atoms with Crippen LogP contribution in [0.1, 0.15) is 15.9 Å². The highest BCUT2D eigenvalue weighted by Crippen LogP contribution is 2.23. The van der Waals surface area contributed by atoms with E-state index in [0.717, 1.165) is 11.3 Å². The van der Waals surface area contributed by atoms with Crippen LogP contribution in [0, 0.1) is 0 Å². The Morgan fingerprint density at radius 3 is 2.33 bits per heavy atom. The number of carboxylic acids is 1. The molecule has 0 atom stereocenters. The van der Waals surface area contributed by atoms with E-state index in [1.165, 1.54) is 6.07 Å². The largest absolute Gasteiger partial charge is 0.488 e. The standard InChI is InChI=1S/C20H16O4/c21-20(22)18-11-4-5-12-19(18)23-14-15-7-6-10-17(13-15)24-16-8-2-1-3-9-16/h1-13H,14H2,(H,21,22). The molecule has 0 amide bonds. The molecule has 3 aromatic rings. The summed E-state index contributed by atoms with van der Waals surface area (Å²) < 4.78 is 11.4. The topological polar surface area (TPSA) is 55.8 Å². The molecule has 0 spiro atoms. The van der Waals surface area contributed by atoms with Crippen molar-refractivity contribution in [1.29, 1.82) is 0 Å². The molecule has 24 heavy (non-hydrogen) atoms. The second kappa shape index (κ2) is 7.33. The normalized spacial score (nSPS) is 10.2. The minimum Gasteiger partial charge on any atom is -0.488 e. The Kier molecular flexibility index (Phi) is 4.77. The molecule has 0 saturated heterocycles. The number of hydrogen-bond donors (Lipinski definition) is 1. The number of ether oxygens (including phenoxy) is 2. The Morgan fingerprint density at radius 1 is 0.833 bits per heavy atom. The van der Waals surface area contributed by atoms with Gasteiger partial charge in [-0.2, -0.15) is 0 Å². The van der Waals surface area contributed by atoms with Crippen molar-refractivity contribution in [1.82, 2.24) is 0 Å². The third-order valence-electron chi connectivity index (χ3n) is 3.39. The molecule has 0 saturated carbocycles. The van der Waals surface area contributed by atoms with Crippen LogP contribution in [0.5, 0.6) is 17.2 Å². The molecular weight excluding hydrogens is 304 g/mol. The maximum absolute atomic E-state index is 11.2. The monoisotopic (exact) mass is 320 g/mol. The van der Waals surface area contributed by atoms with Gasteiger partial charge >= 0.3 is 5.97 Å². The minimum absolute atomic E-state index is 0.147. The molecule has 1 N–H and O–H groups in total. The molecule has 0 heterocycles. The molecule has 4 heteroatoms. The minimum atomic E-state index is -1.01. The van der Waals surface area contributed by atoms with Crippen LogP contribution < -0.4 is 9.47 Å². The summed E-state index contributed by atoms with van der Waals surface area (Å²) in [4.78, 5) is 11.2. The lowest BCUT2D eigenvalue weighted by Gasteiger charge is -2.10. The summed E-state index contributed by atoms with van der Waals surface area (Å²) in [5.74, 6) is 0.798. The van der Waals surface area contributed by atoms with Crippen molar-refractivity contribution in [2.45, 2.75) is 6.61 Å². The molecule has 0 bridgehead atoms. The molecule has 120 valence electrons. The zero-order valence-corrected chi connectivity index (χ0v) is 12.9. The highest BCUT2D eigenvalue weighted by atomic mass is 16.5. The van der Waals surface area contributed by atoms with E-state index < -0.39 is 5.97 Å². The average molecular weight is 320 g/mol. The van der Waals surface area contributed by atoms with Gasteiger partial charge in [0.05, 0.1) is 0 Å². The van der Waals surface area contributed by atoms with E-state index in [1.54, 1.807) is 18.2 Å². The maximum atomic E-state index is 11.2. The van der Waals surface area contributed by atoms with Gasteiger partial charge in [0.1, 0.15) is 29.4 Å². The molecule has 0 aliphatic heterocycles. The lowest BCUT2D eigenvalue weighted by atomic mass is 10.2. The first kappa shape index (κ1) is 15.6. The van der Waals surface area contributed by atoms with Crippen LogP contribution in [0.3, 0.4) is 0 Å². The SMILES string of the molecule is O=C(O)c1ccccc1OCc1cccc(Oc2ccccc2)c1. The second-order valence-corrected chi connectivity index (χ2v) is 5.15. The lowest BCUT2D eigenvalue weighted by molar-refractivity contribution is 0.0691. The van der Waals surface area contributed by atoms with Crippen molar-refractivity contribution < 1.29 is 19.4 Å². The van der Waals surface area contributed by atoms with Crippen molar-refractivity contribution in [2.75, 3.05) is 0 Å². The molecule has 0 aromatic heterocycles. The van der Waals surface area contributed by atoms with E-state index in [-0.39, 0.29) is 12.2 Å². The van der Waals surface area contributed by atoms with Crippen LogP contribution in [0.25, 0.3) is 0 Å². The van der Waals surface area contributed by atoms with E-state index in [9.17, 15) is 9.90 Å². The van der Waals surface area contributed by atoms with Gasteiger partial charge in [-0.15, -0.1) is 0 Å². The Balaban J connectivity index is 1.70. The van der Waals surface area contributed by atoms with E-state index in [4.69, 9.17) is 9.47 Å². The molecule has 4 nitrogen and oxygen atoms in total. The molecule has 0 aliphatic carbocycles. The van der Waals surface area contributed by atoms with Crippen LogP contribution in [0.4, 0.5) is 0 Å². The summed E-state index contributed by atoms with van der Waals surface area (Å²) in [6, 6.07) is 23.6. The van der Waals surface area contributed by atoms with E-state index >= 15 is 0 Å². The quantitative estimate of drug-likeness (QED) is 0.711. The van der Waals surface area contributed by atoms with Crippen molar-refractivity contribution in [2.24, 2.45) is 0 Å². The van der Waals surface area contributed by atoms with Gasteiger partial charge in [0, 0.05) is 0 Å². The van der Waals surface area contributed by atoms with Gasteiger partial charge < -0.3 is 14.6 Å². The van der Waals surface area contributed by atoms with E-state index in [1.807, 2.05) is 54.6 Å². The summed E-state index contributed by atoms with van der Waals surface area (Å²) in [5, 5.41) is 9.17. The van der Waals surface area contributed by atoms with Crippen LogP contribution in [-0.2, 0) is 6.61 Å². The number of carbonyl (C=O) groups is 1. The van der Waals surface area contributed by atoms with Crippen molar-refractivity contribution in [3.8, 4) is 17.2 Å². The Hall–Kier alpha value is -3.27. The van der Waals surface area contributed by atoms with Gasteiger partial charge in [-0.1, -0.05) is 42.5 Å². The first-order valence-electron chi connectivity index (χ1n) is 7.49. The number of aromatic carboxylic acids is 1. The molecule has 0 radical (unpaired) electrons. The Labute approximate surface area is 139 Å². The van der Waals surface area contributed by atoms with E-state index in [2.05, 4.69) is 0 Å². The van der Waals surface area contributed by atoms with Gasteiger partial charge in [0.25, 0.3) is 0 Å². The fourth-order valence-electron chi connectivity index (χ4n) is 2.25. The van der Waals surface area contributed by atoms with Gasteiger partial charge in [0.2, 0.25) is 0 Å². The maximum Gasteiger partial charge on any atom is 0.339 e. The summed E-state index contributed by atoms with van der Waals surface area (Å²) in [6.07, 6.45) is 0. The Bertz CT molecular complexity index is 828. The molecule has 3 aromatic carbocycles. The molecule has 0 aliphatic rings. The fourth-order valence-corrected chi connectivity index (χ4v) is 2.25. The molecule has 3 rings (SSSR count). The first-order chi connectivity index (χ1) is 11.7. The van der Waals surface area contributed by atoms with Gasteiger partial charge in [-0.25, -0.2) is 4.79 Å². The van der Waals surface area contributed by atoms with Crippen LogP contribution in [0.2, 0.25) is 0 Å². The predicted octanol–water partition coefficient (Wildman–Crippen LogP) is 4.76. The highest BCUT2D eigenvalue weighted by Gasteiger charge is 2.10. The van der Waals surface area contributed by atoms with Crippen LogP contribution >= 0.6 is 0 Å². The summed E-state index contributed by atoms with van der Waals surface area (Å²) >= 11 is 0. The summed E-state index contributed by atoms with van der Waals surface area (Å²) in [5.41, 5.74) is 1.04. The summed E-state index contributed by atoms with van der Waals surface area (Å²) in [6.45, 7) is 0.260. The number of rotatable bonds is 6. The fraction of sp³-hybridized carbons (Fsp3) is 0.0500. The number of para-hydroxylation sites is 2. The van der Waals surface area contributed by atoms with Crippen molar-refractivity contribution in [3.63, 3.8) is 0 Å². The van der Waals surface area contributed by atoms with Crippen molar-refractivity contribution in [3.05, 3.63) is 90.0 Å². The third-order valence-corrected chi connectivity index (χ3v) is 3.39. The van der Waals surface area contributed by atoms with Crippen molar-refractivity contribution >= 4 is 5.97 Å². The zero-order valence-electron chi connectivity index (χ0n) is 12.9. The van der Waals surface area contributed by atoms with E-state index in [0.29, 0.717) is 11.5 Å². The first-order valence-corrected chi connectivity index (χ1v) is 7.49. The smallest absolute Gasteiger partial charge is 0.339 e. The number of hydrogen-bond acceptors (Lipinski definition) is 3. The van der Waals surface area contributed by atoms with Crippen LogP contribution in [-0.4, -0.2) is 11.1 Å². The van der Waals surface area contributed by atoms with Gasteiger partial charge in [-0.05, 0) is 42.0 Å². The summed E-state index contributed by atoms with van der Waals surface area (Å²) in [7, 11) is 0. The average Bonchev–Trinajstić information content (AvgIpc) is 2.61. The number of benzene rings is 3. The molecule has 0 fully saturated rings. The lowest BCUT2D eigenvalue weighted by Crippen LogP contribution is -2.03.